The first-order chi connectivity index (χ1) is 9.88. The van der Waals surface area contributed by atoms with Crippen molar-refractivity contribution in [3.63, 3.8) is 0 Å². The molecule has 1 amide bonds. The molecule has 1 aromatic heterocycles. The normalized spacial score (nSPS) is 11.4. The van der Waals surface area contributed by atoms with Crippen LogP contribution in [-0.4, -0.2) is 17.0 Å². The molecule has 0 aliphatic rings. The van der Waals surface area contributed by atoms with Gasteiger partial charge in [0.05, 0.1) is 11.1 Å². The van der Waals surface area contributed by atoms with Crippen molar-refractivity contribution in [2.75, 3.05) is 6.54 Å². The van der Waals surface area contributed by atoms with Gasteiger partial charge in [0.25, 0.3) is 5.91 Å². The average Bonchev–Trinajstić information content (AvgIpc) is 2.90. The highest BCUT2D eigenvalue weighted by atomic mass is 79.9. The lowest BCUT2D eigenvalue weighted by Gasteiger charge is -2.13. The molecule has 1 N–H and O–H groups in total. The molecule has 21 heavy (non-hydrogen) atoms. The van der Waals surface area contributed by atoms with E-state index < -0.39 is 17.6 Å². The van der Waals surface area contributed by atoms with Crippen molar-refractivity contribution in [2.45, 2.75) is 12.7 Å². The van der Waals surface area contributed by atoms with Gasteiger partial charge in [0.1, 0.15) is 0 Å². The first-order valence-corrected chi connectivity index (χ1v) is 6.93. The molecule has 7 heteroatoms. The standard InChI is InChI=1S/C14H12BrF3N2O/c15-10-3-4-11(12(9-10)14(16,17)18)13(21)19-5-8-20-6-1-2-7-20/h1-4,6-7,9H,5,8H2,(H,19,21). The molecule has 0 radical (unpaired) electrons. The second-order valence-electron chi connectivity index (χ2n) is 4.36. The van der Waals surface area contributed by atoms with Gasteiger partial charge in [-0.3, -0.25) is 4.79 Å². The number of hydrogen-bond donors (Lipinski definition) is 1. The molecule has 1 aromatic carbocycles. The molecule has 2 aromatic rings. The summed E-state index contributed by atoms with van der Waals surface area (Å²) < 4.78 is 40.9. The van der Waals surface area contributed by atoms with E-state index in [0.717, 1.165) is 12.1 Å². The summed E-state index contributed by atoms with van der Waals surface area (Å²) in [7, 11) is 0. The van der Waals surface area contributed by atoms with Crippen molar-refractivity contribution >= 4 is 21.8 Å². The lowest BCUT2D eigenvalue weighted by Crippen LogP contribution is -2.29. The third-order valence-electron chi connectivity index (χ3n) is 2.85. The molecule has 0 aliphatic heterocycles. The predicted molar refractivity (Wildman–Crippen MR) is 75.9 cm³/mol. The Bertz CT molecular complexity index is 624. The summed E-state index contributed by atoms with van der Waals surface area (Å²) in [5.41, 5.74) is -1.33. The molecule has 0 spiro atoms. The molecule has 0 saturated heterocycles. The fourth-order valence-electron chi connectivity index (χ4n) is 1.86. The van der Waals surface area contributed by atoms with Crippen LogP contribution in [0.5, 0.6) is 0 Å². The molecule has 0 aliphatic carbocycles. The van der Waals surface area contributed by atoms with Gasteiger partial charge >= 0.3 is 6.18 Å². The molecular weight excluding hydrogens is 349 g/mol. The van der Waals surface area contributed by atoms with Gasteiger partial charge in [0.2, 0.25) is 0 Å². The number of halogens is 4. The summed E-state index contributed by atoms with van der Waals surface area (Å²) in [6.45, 7) is 0.748. The Morgan fingerprint density at radius 2 is 1.90 bits per heavy atom. The molecule has 0 saturated carbocycles. The van der Waals surface area contributed by atoms with Gasteiger partial charge in [-0.25, -0.2) is 0 Å². The van der Waals surface area contributed by atoms with Crippen LogP contribution in [0.3, 0.4) is 0 Å². The van der Waals surface area contributed by atoms with Crippen LogP contribution in [0.4, 0.5) is 13.2 Å². The zero-order valence-corrected chi connectivity index (χ0v) is 12.4. The third-order valence-corrected chi connectivity index (χ3v) is 3.35. The minimum Gasteiger partial charge on any atom is -0.353 e. The number of alkyl halides is 3. The second kappa shape index (κ2) is 6.34. The van der Waals surface area contributed by atoms with Crippen LogP contribution in [0.25, 0.3) is 0 Å². The zero-order chi connectivity index (χ0) is 15.5. The molecule has 1 heterocycles. The lowest BCUT2D eigenvalue weighted by molar-refractivity contribution is -0.138. The molecular formula is C14H12BrF3N2O. The van der Waals surface area contributed by atoms with E-state index in [1.807, 2.05) is 29.1 Å². The molecule has 0 fully saturated rings. The van der Waals surface area contributed by atoms with E-state index in [1.165, 1.54) is 6.07 Å². The maximum Gasteiger partial charge on any atom is 0.417 e. The van der Waals surface area contributed by atoms with Gasteiger partial charge in [0.15, 0.2) is 0 Å². The fourth-order valence-corrected chi connectivity index (χ4v) is 2.22. The van der Waals surface area contributed by atoms with E-state index in [2.05, 4.69) is 21.2 Å². The number of amides is 1. The summed E-state index contributed by atoms with van der Waals surface area (Å²) in [5.74, 6) is -0.734. The molecule has 0 atom stereocenters. The van der Waals surface area contributed by atoms with Crippen molar-refractivity contribution in [3.8, 4) is 0 Å². The van der Waals surface area contributed by atoms with Crippen LogP contribution >= 0.6 is 15.9 Å². The van der Waals surface area contributed by atoms with Crippen molar-refractivity contribution in [3.05, 3.63) is 58.3 Å². The number of carbonyl (C=O) groups excluding carboxylic acids is 1. The summed E-state index contributed by atoms with van der Waals surface area (Å²) in [6, 6.07) is 7.14. The largest absolute Gasteiger partial charge is 0.417 e. The zero-order valence-electron chi connectivity index (χ0n) is 10.8. The van der Waals surface area contributed by atoms with Gasteiger partial charge in [-0.15, -0.1) is 0 Å². The Morgan fingerprint density at radius 3 is 2.52 bits per heavy atom. The van der Waals surface area contributed by atoms with E-state index in [1.54, 1.807) is 0 Å². The smallest absolute Gasteiger partial charge is 0.353 e. The van der Waals surface area contributed by atoms with Gasteiger partial charge in [-0.2, -0.15) is 13.2 Å². The summed E-state index contributed by atoms with van der Waals surface area (Å²) in [4.78, 5) is 11.9. The van der Waals surface area contributed by atoms with Gasteiger partial charge in [-0.05, 0) is 30.3 Å². The first kappa shape index (κ1) is 15.6. The number of hydrogen-bond acceptors (Lipinski definition) is 1. The molecule has 112 valence electrons. The minimum absolute atomic E-state index is 0.251. The number of rotatable bonds is 4. The second-order valence-corrected chi connectivity index (χ2v) is 5.28. The molecule has 0 unspecified atom stereocenters. The van der Waals surface area contributed by atoms with Gasteiger partial charge < -0.3 is 9.88 Å². The SMILES string of the molecule is O=C(NCCn1cccc1)c1ccc(Br)cc1C(F)(F)F. The van der Waals surface area contributed by atoms with Crippen LogP contribution in [0.1, 0.15) is 15.9 Å². The highest BCUT2D eigenvalue weighted by Crippen LogP contribution is 2.33. The van der Waals surface area contributed by atoms with Gasteiger partial charge in [-0.1, -0.05) is 15.9 Å². The number of nitrogens with one attached hydrogen (secondary N) is 1. The Kier molecular flexibility index (Phi) is 4.72. The minimum atomic E-state index is -4.57. The van der Waals surface area contributed by atoms with E-state index >= 15 is 0 Å². The van der Waals surface area contributed by atoms with Crippen LogP contribution in [0.15, 0.2) is 47.2 Å². The maximum absolute atomic E-state index is 12.9. The Hall–Kier alpha value is -1.76. The van der Waals surface area contributed by atoms with Crippen LogP contribution in [0, 0.1) is 0 Å². The highest BCUT2D eigenvalue weighted by Gasteiger charge is 2.35. The van der Waals surface area contributed by atoms with Crippen LogP contribution < -0.4 is 5.32 Å². The maximum atomic E-state index is 12.9. The Balaban J connectivity index is 2.08. The molecule has 3 nitrogen and oxygen atoms in total. The quantitative estimate of drug-likeness (QED) is 0.886. The lowest BCUT2D eigenvalue weighted by atomic mass is 10.1. The molecule has 2 rings (SSSR count). The monoisotopic (exact) mass is 360 g/mol. The van der Waals surface area contributed by atoms with E-state index in [9.17, 15) is 18.0 Å². The van der Waals surface area contributed by atoms with Crippen molar-refractivity contribution < 1.29 is 18.0 Å². The topological polar surface area (TPSA) is 34.0 Å². The highest BCUT2D eigenvalue weighted by molar-refractivity contribution is 9.10. The molecule has 0 bridgehead atoms. The van der Waals surface area contributed by atoms with E-state index in [-0.39, 0.29) is 16.6 Å². The Labute approximate surface area is 127 Å². The van der Waals surface area contributed by atoms with Crippen molar-refractivity contribution in [1.29, 1.82) is 0 Å². The summed E-state index contributed by atoms with van der Waals surface area (Å²) in [5, 5.41) is 2.49. The number of aromatic nitrogens is 1. The van der Waals surface area contributed by atoms with Gasteiger partial charge in [0, 0.05) is 30.0 Å². The third kappa shape index (κ3) is 4.10. The number of carbonyl (C=O) groups is 1. The van der Waals surface area contributed by atoms with E-state index in [4.69, 9.17) is 0 Å². The fraction of sp³-hybridized carbons (Fsp3) is 0.214. The van der Waals surface area contributed by atoms with Crippen LogP contribution in [0.2, 0.25) is 0 Å². The predicted octanol–water partition coefficient (Wildman–Crippen LogP) is 3.70. The van der Waals surface area contributed by atoms with Crippen molar-refractivity contribution in [1.82, 2.24) is 9.88 Å². The van der Waals surface area contributed by atoms with Crippen LogP contribution in [-0.2, 0) is 12.7 Å². The summed E-state index contributed by atoms with van der Waals surface area (Å²) >= 11 is 2.98. The first-order valence-electron chi connectivity index (χ1n) is 6.13. The average molecular weight is 361 g/mol. The number of benzene rings is 1. The van der Waals surface area contributed by atoms with E-state index in [0.29, 0.717) is 6.54 Å². The van der Waals surface area contributed by atoms with Crippen molar-refractivity contribution in [2.24, 2.45) is 0 Å². The Morgan fingerprint density at radius 1 is 1.24 bits per heavy atom. The number of nitrogens with zero attached hydrogens (tertiary/aromatic N) is 1. The summed E-state index contributed by atoms with van der Waals surface area (Å²) in [6.07, 6.45) is -0.948.